The zero-order valence-electron chi connectivity index (χ0n) is 13.6. The zero-order chi connectivity index (χ0) is 17.3. The van der Waals surface area contributed by atoms with Gasteiger partial charge in [0, 0.05) is 10.6 Å². The van der Waals surface area contributed by atoms with Crippen LogP contribution < -0.4 is 11.1 Å². The van der Waals surface area contributed by atoms with Gasteiger partial charge in [-0.1, -0.05) is 6.07 Å². The smallest absolute Gasteiger partial charge is 0.275 e. The third-order valence-electron chi connectivity index (χ3n) is 3.52. The van der Waals surface area contributed by atoms with Crippen LogP contribution in [0.15, 0.2) is 30.6 Å². The van der Waals surface area contributed by atoms with E-state index in [1.54, 1.807) is 6.33 Å². The number of nitrogens with one attached hydrogen (secondary N) is 1. The minimum absolute atomic E-state index is 0.185. The van der Waals surface area contributed by atoms with Gasteiger partial charge < -0.3 is 11.1 Å². The van der Waals surface area contributed by atoms with Crippen molar-refractivity contribution in [1.29, 1.82) is 0 Å². The van der Waals surface area contributed by atoms with Crippen LogP contribution in [0.4, 0.5) is 5.69 Å². The summed E-state index contributed by atoms with van der Waals surface area (Å²) in [6.45, 7) is 5.59. The van der Waals surface area contributed by atoms with E-state index >= 15 is 0 Å². The van der Waals surface area contributed by atoms with E-state index in [1.165, 1.54) is 11.3 Å². The SMILES string of the molecule is Cc1sc(C(C)N)nc1C(=O)Nc1cccc(-n2cnnc2C)c1. The standard InChI is InChI=1S/C16H18N6OS/c1-9(17)16-20-14(10(2)24-16)15(23)19-12-5-4-6-13(7-12)22-8-18-21-11(22)3/h4-9H,17H2,1-3H3,(H,19,23). The maximum Gasteiger partial charge on any atom is 0.275 e. The minimum atomic E-state index is -0.242. The summed E-state index contributed by atoms with van der Waals surface area (Å²) in [6, 6.07) is 7.30. The minimum Gasteiger partial charge on any atom is -0.322 e. The summed E-state index contributed by atoms with van der Waals surface area (Å²) in [6.07, 6.45) is 1.63. The van der Waals surface area contributed by atoms with Gasteiger partial charge in [0.1, 0.15) is 22.9 Å². The summed E-state index contributed by atoms with van der Waals surface area (Å²) in [5.74, 6) is 0.531. The van der Waals surface area contributed by atoms with E-state index in [4.69, 9.17) is 5.73 Å². The van der Waals surface area contributed by atoms with E-state index < -0.39 is 0 Å². The number of hydrogen-bond acceptors (Lipinski definition) is 6. The van der Waals surface area contributed by atoms with Gasteiger partial charge in [-0.05, 0) is 39.0 Å². The van der Waals surface area contributed by atoms with Crippen molar-refractivity contribution in [3.63, 3.8) is 0 Å². The Bertz CT molecular complexity index is 882. The number of nitrogens with two attached hydrogens (primary N) is 1. The van der Waals surface area contributed by atoms with Crippen LogP contribution in [0.25, 0.3) is 5.69 Å². The molecule has 0 aliphatic carbocycles. The van der Waals surface area contributed by atoms with Crippen molar-refractivity contribution in [3.8, 4) is 5.69 Å². The average Bonchev–Trinajstić information content (AvgIpc) is 3.13. The molecular weight excluding hydrogens is 324 g/mol. The Balaban J connectivity index is 1.84. The predicted octanol–water partition coefficient (Wildman–Crippen LogP) is 2.61. The fourth-order valence-electron chi connectivity index (χ4n) is 2.29. The molecule has 0 fully saturated rings. The van der Waals surface area contributed by atoms with E-state index in [9.17, 15) is 4.79 Å². The predicted molar refractivity (Wildman–Crippen MR) is 93.5 cm³/mol. The highest BCUT2D eigenvalue weighted by molar-refractivity contribution is 7.12. The Kier molecular flexibility index (Phi) is 4.41. The average molecular weight is 342 g/mol. The lowest BCUT2D eigenvalue weighted by Crippen LogP contribution is -2.14. The molecule has 3 N–H and O–H groups in total. The molecule has 1 amide bonds. The van der Waals surface area contributed by atoms with Crippen molar-refractivity contribution < 1.29 is 4.79 Å². The van der Waals surface area contributed by atoms with Crippen LogP contribution >= 0.6 is 11.3 Å². The number of aryl methyl sites for hydroxylation is 2. The first kappa shape index (κ1) is 16.3. The summed E-state index contributed by atoms with van der Waals surface area (Å²) in [5, 5.41) is 11.5. The third kappa shape index (κ3) is 3.19. The van der Waals surface area contributed by atoms with Crippen LogP contribution in [0, 0.1) is 13.8 Å². The van der Waals surface area contributed by atoms with Crippen LogP contribution in [-0.4, -0.2) is 25.7 Å². The van der Waals surface area contributed by atoms with E-state index in [2.05, 4.69) is 20.5 Å². The molecule has 2 aromatic heterocycles. The zero-order valence-corrected chi connectivity index (χ0v) is 14.5. The number of anilines is 1. The highest BCUT2D eigenvalue weighted by Gasteiger charge is 2.17. The second-order valence-corrected chi connectivity index (χ2v) is 6.73. The number of amides is 1. The lowest BCUT2D eigenvalue weighted by atomic mass is 10.2. The fraction of sp³-hybridized carbons (Fsp3) is 0.250. The third-order valence-corrected chi connectivity index (χ3v) is 4.69. The number of hydrogen-bond donors (Lipinski definition) is 2. The van der Waals surface area contributed by atoms with E-state index in [0.29, 0.717) is 11.4 Å². The molecule has 1 atom stereocenters. The van der Waals surface area contributed by atoms with E-state index in [0.717, 1.165) is 21.4 Å². The van der Waals surface area contributed by atoms with Crippen molar-refractivity contribution in [2.75, 3.05) is 5.32 Å². The Morgan fingerprint density at radius 2 is 2.17 bits per heavy atom. The van der Waals surface area contributed by atoms with Crippen LogP contribution in [0.5, 0.6) is 0 Å². The highest BCUT2D eigenvalue weighted by Crippen LogP contribution is 2.23. The lowest BCUT2D eigenvalue weighted by molar-refractivity contribution is 0.102. The Labute approximate surface area is 143 Å². The summed E-state index contributed by atoms with van der Waals surface area (Å²) >= 11 is 1.45. The molecule has 0 saturated carbocycles. The Morgan fingerprint density at radius 1 is 1.38 bits per heavy atom. The van der Waals surface area contributed by atoms with Gasteiger partial charge in [-0.3, -0.25) is 9.36 Å². The van der Waals surface area contributed by atoms with Gasteiger partial charge in [0.2, 0.25) is 0 Å². The molecule has 0 radical (unpaired) electrons. The van der Waals surface area contributed by atoms with Gasteiger partial charge >= 0.3 is 0 Å². The van der Waals surface area contributed by atoms with Crippen molar-refractivity contribution in [1.82, 2.24) is 19.7 Å². The number of benzene rings is 1. The van der Waals surface area contributed by atoms with Gasteiger partial charge in [-0.15, -0.1) is 21.5 Å². The van der Waals surface area contributed by atoms with Crippen molar-refractivity contribution in [2.24, 2.45) is 5.73 Å². The summed E-state index contributed by atoms with van der Waals surface area (Å²) < 4.78 is 1.85. The van der Waals surface area contributed by atoms with Crippen LogP contribution in [0.2, 0.25) is 0 Å². The van der Waals surface area contributed by atoms with Crippen LogP contribution in [-0.2, 0) is 0 Å². The molecule has 3 aromatic rings. The molecule has 1 aromatic carbocycles. The molecule has 1 unspecified atom stereocenters. The maximum atomic E-state index is 12.5. The summed E-state index contributed by atoms with van der Waals surface area (Å²) in [5.41, 5.74) is 7.81. The van der Waals surface area contributed by atoms with Crippen molar-refractivity contribution in [3.05, 3.63) is 52.0 Å². The number of thiazole rings is 1. The molecule has 7 nitrogen and oxygen atoms in total. The molecular formula is C16H18N6OS. The first-order chi connectivity index (χ1) is 11.5. The van der Waals surface area contributed by atoms with Gasteiger partial charge in [0.25, 0.3) is 5.91 Å². The molecule has 8 heteroatoms. The largest absolute Gasteiger partial charge is 0.322 e. The van der Waals surface area contributed by atoms with Crippen LogP contribution in [0.1, 0.15) is 39.2 Å². The normalized spacial score (nSPS) is 12.2. The Morgan fingerprint density at radius 3 is 2.79 bits per heavy atom. The highest BCUT2D eigenvalue weighted by atomic mass is 32.1. The molecule has 0 aliphatic rings. The lowest BCUT2D eigenvalue weighted by Gasteiger charge is -2.08. The summed E-state index contributed by atoms with van der Waals surface area (Å²) in [7, 11) is 0. The molecule has 3 rings (SSSR count). The number of nitrogens with zero attached hydrogens (tertiary/aromatic N) is 4. The molecule has 0 bridgehead atoms. The Hall–Kier alpha value is -2.58. The second-order valence-electron chi connectivity index (χ2n) is 5.50. The first-order valence-electron chi connectivity index (χ1n) is 7.47. The maximum absolute atomic E-state index is 12.5. The summed E-state index contributed by atoms with van der Waals surface area (Å²) in [4.78, 5) is 17.7. The van der Waals surface area contributed by atoms with Gasteiger partial charge in [0.15, 0.2) is 0 Å². The number of aromatic nitrogens is 4. The molecule has 124 valence electrons. The molecule has 0 aliphatic heterocycles. The second kappa shape index (κ2) is 6.50. The first-order valence-corrected chi connectivity index (χ1v) is 8.28. The molecule has 24 heavy (non-hydrogen) atoms. The molecule has 2 heterocycles. The van der Waals surface area contributed by atoms with Crippen LogP contribution in [0.3, 0.4) is 0 Å². The van der Waals surface area contributed by atoms with E-state index in [-0.39, 0.29) is 11.9 Å². The topological polar surface area (TPSA) is 98.7 Å². The van der Waals surface area contributed by atoms with Gasteiger partial charge in [0.05, 0.1) is 11.7 Å². The quantitative estimate of drug-likeness (QED) is 0.759. The van der Waals surface area contributed by atoms with Crippen molar-refractivity contribution >= 4 is 22.9 Å². The van der Waals surface area contributed by atoms with Gasteiger partial charge in [-0.25, -0.2) is 4.98 Å². The van der Waals surface area contributed by atoms with Gasteiger partial charge in [-0.2, -0.15) is 0 Å². The number of carbonyl (C=O) groups excluding carboxylic acids is 1. The van der Waals surface area contributed by atoms with Crippen molar-refractivity contribution in [2.45, 2.75) is 26.8 Å². The number of rotatable bonds is 4. The monoisotopic (exact) mass is 342 g/mol. The molecule has 0 spiro atoms. The molecule has 0 saturated heterocycles. The number of carbonyl (C=O) groups is 1. The van der Waals surface area contributed by atoms with E-state index in [1.807, 2.05) is 49.6 Å². The fourth-order valence-corrected chi connectivity index (χ4v) is 3.16.